The molecule has 0 fully saturated rings. The number of hydrogen-bond acceptors (Lipinski definition) is 3. The van der Waals surface area contributed by atoms with E-state index in [1.165, 1.54) is 0 Å². The molecule has 0 radical (unpaired) electrons. The van der Waals surface area contributed by atoms with E-state index in [4.69, 9.17) is 9.47 Å². The highest BCUT2D eigenvalue weighted by Gasteiger charge is 2.18. The van der Waals surface area contributed by atoms with E-state index in [-0.39, 0.29) is 5.91 Å². The van der Waals surface area contributed by atoms with Gasteiger partial charge in [-0.3, -0.25) is 4.79 Å². The molecule has 1 N–H and O–H groups in total. The molecule has 0 aliphatic heterocycles. The van der Waals surface area contributed by atoms with Crippen LogP contribution in [0.5, 0.6) is 11.5 Å². The molecule has 1 amide bonds. The van der Waals surface area contributed by atoms with Gasteiger partial charge in [0.05, 0.1) is 6.61 Å². The average molecular weight is 313 g/mol. The largest absolute Gasteiger partial charge is 0.494 e. The Hall–Kier alpha value is -2.49. The fourth-order valence-corrected chi connectivity index (χ4v) is 2.13. The lowest BCUT2D eigenvalue weighted by atomic mass is 10.2. The van der Waals surface area contributed by atoms with E-state index in [2.05, 4.69) is 5.32 Å². The molecule has 0 aliphatic carbocycles. The van der Waals surface area contributed by atoms with Crippen molar-refractivity contribution in [3.63, 3.8) is 0 Å². The minimum absolute atomic E-state index is 0.155. The highest BCUT2D eigenvalue weighted by atomic mass is 16.5. The van der Waals surface area contributed by atoms with Crippen LogP contribution in [0, 0.1) is 6.92 Å². The van der Waals surface area contributed by atoms with Gasteiger partial charge in [-0.1, -0.05) is 24.6 Å². The highest BCUT2D eigenvalue weighted by molar-refractivity contribution is 5.94. The fourth-order valence-electron chi connectivity index (χ4n) is 2.13. The Morgan fingerprint density at radius 2 is 1.61 bits per heavy atom. The number of benzene rings is 2. The molecule has 0 bridgehead atoms. The molecule has 0 spiro atoms. The number of carbonyl (C=O) groups excluding carboxylic acids is 1. The van der Waals surface area contributed by atoms with Crippen molar-refractivity contribution in [2.45, 2.75) is 33.3 Å². The molecule has 23 heavy (non-hydrogen) atoms. The van der Waals surface area contributed by atoms with Crippen LogP contribution in [-0.2, 0) is 4.79 Å². The Bertz CT molecular complexity index is 620. The zero-order chi connectivity index (χ0) is 16.7. The van der Waals surface area contributed by atoms with Gasteiger partial charge in [0.1, 0.15) is 11.5 Å². The van der Waals surface area contributed by atoms with E-state index in [1.54, 1.807) is 0 Å². The van der Waals surface area contributed by atoms with Crippen LogP contribution in [0.4, 0.5) is 5.69 Å². The smallest absolute Gasteiger partial charge is 0.265 e. The summed E-state index contributed by atoms with van der Waals surface area (Å²) in [6.07, 6.45) is 0.0702. The first kappa shape index (κ1) is 16.9. The average Bonchev–Trinajstić information content (AvgIpc) is 2.56. The minimum Gasteiger partial charge on any atom is -0.494 e. The summed E-state index contributed by atoms with van der Waals surface area (Å²) in [4.78, 5) is 12.4. The van der Waals surface area contributed by atoms with Gasteiger partial charge in [0.15, 0.2) is 6.10 Å². The molecule has 122 valence electrons. The summed E-state index contributed by atoms with van der Waals surface area (Å²) in [5.74, 6) is 1.33. The van der Waals surface area contributed by atoms with Crippen molar-refractivity contribution in [1.29, 1.82) is 0 Å². The molecule has 4 nitrogen and oxygen atoms in total. The third-order valence-electron chi connectivity index (χ3n) is 3.40. The lowest BCUT2D eigenvalue weighted by Crippen LogP contribution is -2.32. The van der Waals surface area contributed by atoms with Crippen LogP contribution in [0.1, 0.15) is 25.8 Å². The van der Waals surface area contributed by atoms with Gasteiger partial charge < -0.3 is 14.8 Å². The number of aryl methyl sites for hydroxylation is 1. The lowest BCUT2D eigenvalue weighted by Gasteiger charge is -2.17. The van der Waals surface area contributed by atoms with Gasteiger partial charge in [-0.05, 0) is 56.7 Å². The van der Waals surface area contributed by atoms with Gasteiger partial charge in [0.25, 0.3) is 5.91 Å². The molecule has 2 rings (SSSR count). The van der Waals surface area contributed by atoms with Crippen LogP contribution in [0.25, 0.3) is 0 Å². The molecule has 2 aromatic rings. The molecule has 0 saturated heterocycles. The monoisotopic (exact) mass is 313 g/mol. The SMILES string of the molecule is CCOc1ccc(NC(=O)[C@@H](CC)Oc2ccc(C)cc2)cc1. The van der Waals surface area contributed by atoms with Crippen LogP contribution < -0.4 is 14.8 Å². The Kier molecular flexibility index (Phi) is 6.03. The second kappa shape index (κ2) is 8.22. The topological polar surface area (TPSA) is 47.6 Å². The van der Waals surface area contributed by atoms with E-state index < -0.39 is 6.10 Å². The molecule has 1 atom stereocenters. The third kappa shape index (κ3) is 5.02. The number of hydrogen-bond donors (Lipinski definition) is 1. The number of carbonyl (C=O) groups is 1. The molecular weight excluding hydrogens is 290 g/mol. The van der Waals surface area contributed by atoms with Crippen molar-refractivity contribution in [2.75, 3.05) is 11.9 Å². The van der Waals surface area contributed by atoms with E-state index in [0.29, 0.717) is 18.8 Å². The number of ether oxygens (including phenoxy) is 2. The molecule has 0 unspecified atom stereocenters. The van der Waals surface area contributed by atoms with Crippen LogP contribution in [-0.4, -0.2) is 18.6 Å². The first-order valence-electron chi connectivity index (χ1n) is 7.89. The van der Waals surface area contributed by atoms with Gasteiger partial charge in [-0.2, -0.15) is 0 Å². The van der Waals surface area contributed by atoms with E-state index in [0.717, 1.165) is 17.0 Å². The van der Waals surface area contributed by atoms with E-state index >= 15 is 0 Å². The van der Waals surface area contributed by atoms with Gasteiger partial charge in [-0.25, -0.2) is 0 Å². The molecule has 0 heterocycles. The summed E-state index contributed by atoms with van der Waals surface area (Å²) in [6.45, 7) is 6.49. The zero-order valence-corrected chi connectivity index (χ0v) is 13.8. The van der Waals surface area contributed by atoms with Gasteiger partial charge >= 0.3 is 0 Å². The van der Waals surface area contributed by atoms with Crippen molar-refractivity contribution < 1.29 is 14.3 Å². The summed E-state index contributed by atoms with van der Waals surface area (Å²) in [7, 11) is 0. The first-order valence-corrected chi connectivity index (χ1v) is 7.89. The van der Waals surface area contributed by atoms with Crippen LogP contribution in [0.2, 0.25) is 0 Å². The summed E-state index contributed by atoms with van der Waals surface area (Å²) >= 11 is 0. The van der Waals surface area contributed by atoms with Crippen molar-refractivity contribution >= 4 is 11.6 Å². The van der Waals surface area contributed by atoms with Gasteiger partial charge in [0, 0.05) is 5.69 Å². The van der Waals surface area contributed by atoms with Crippen molar-refractivity contribution in [3.8, 4) is 11.5 Å². The molecule has 0 aromatic heterocycles. The van der Waals surface area contributed by atoms with E-state index in [9.17, 15) is 4.79 Å². The quantitative estimate of drug-likeness (QED) is 0.833. The predicted molar refractivity (Wildman–Crippen MR) is 92.1 cm³/mol. The van der Waals surface area contributed by atoms with Crippen LogP contribution >= 0.6 is 0 Å². The molecule has 0 aliphatic rings. The normalized spacial score (nSPS) is 11.6. The third-order valence-corrected chi connectivity index (χ3v) is 3.40. The first-order chi connectivity index (χ1) is 11.1. The summed E-state index contributed by atoms with van der Waals surface area (Å²) < 4.78 is 11.2. The Morgan fingerprint density at radius 1 is 1.00 bits per heavy atom. The fraction of sp³-hybridized carbons (Fsp3) is 0.316. The highest BCUT2D eigenvalue weighted by Crippen LogP contribution is 2.18. The van der Waals surface area contributed by atoms with Crippen molar-refractivity contribution in [2.24, 2.45) is 0 Å². The maximum Gasteiger partial charge on any atom is 0.265 e. The summed E-state index contributed by atoms with van der Waals surface area (Å²) in [5, 5.41) is 2.87. The van der Waals surface area contributed by atoms with Crippen molar-refractivity contribution in [3.05, 3.63) is 54.1 Å². The zero-order valence-electron chi connectivity index (χ0n) is 13.8. The summed E-state index contributed by atoms with van der Waals surface area (Å²) in [5.41, 5.74) is 1.88. The molecular formula is C19H23NO3. The van der Waals surface area contributed by atoms with Crippen LogP contribution in [0.3, 0.4) is 0 Å². The standard InChI is InChI=1S/C19H23NO3/c1-4-18(23-17-10-6-14(3)7-11-17)19(21)20-15-8-12-16(13-9-15)22-5-2/h6-13,18H,4-5H2,1-3H3,(H,20,21)/t18-/m1/s1. The Morgan fingerprint density at radius 3 is 2.17 bits per heavy atom. The number of anilines is 1. The maximum atomic E-state index is 12.4. The van der Waals surface area contributed by atoms with Gasteiger partial charge in [-0.15, -0.1) is 0 Å². The van der Waals surface area contributed by atoms with Crippen molar-refractivity contribution in [1.82, 2.24) is 0 Å². The lowest BCUT2D eigenvalue weighted by molar-refractivity contribution is -0.122. The van der Waals surface area contributed by atoms with Gasteiger partial charge in [0.2, 0.25) is 0 Å². The maximum absolute atomic E-state index is 12.4. The number of nitrogens with one attached hydrogen (secondary N) is 1. The molecule has 4 heteroatoms. The Balaban J connectivity index is 1.97. The molecule has 0 saturated carbocycles. The number of amides is 1. The van der Waals surface area contributed by atoms with E-state index in [1.807, 2.05) is 69.3 Å². The second-order valence-corrected chi connectivity index (χ2v) is 5.27. The second-order valence-electron chi connectivity index (χ2n) is 5.27. The summed E-state index contributed by atoms with van der Waals surface area (Å²) in [6, 6.07) is 15.0. The van der Waals surface area contributed by atoms with Crippen LogP contribution in [0.15, 0.2) is 48.5 Å². The Labute approximate surface area is 137 Å². The molecule has 2 aromatic carbocycles. The minimum atomic E-state index is -0.524. The number of rotatable bonds is 7. The predicted octanol–water partition coefficient (Wildman–Crippen LogP) is 4.19.